The lowest BCUT2D eigenvalue weighted by atomic mass is 10.1. The summed E-state index contributed by atoms with van der Waals surface area (Å²) in [5, 5.41) is 7.16. The van der Waals surface area contributed by atoms with Crippen LogP contribution in [0.1, 0.15) is 42.7 Å². The van der Waals surface area contributed by atoms with Crippen molar-refractivity contribution in [3.05, 3.63) is 47.0 Å². The average molecular weight is 244 g/mol. The number of nitrogens with one attached hydrogen (secondary N) is 1. The number of nitrogens with zero attached hydrogens (tertiary/aromatic N) is 2. The monoisotopic (exact) mass is 244 g/mol. The normalized spacial score (nSPS) is 12.9. The second-order valence-corrected chi connectivity index (χ2v) is 5.13. The van der Waals surface area contributed by atoms with Crippen molar-refractivity contribution in [3.63, 3.8) is 0 Å². The molecule has 0 spiro atoms. The summed E-state index contributed by atoms with van der Waals surface area (Å²) in [6, 6.07) is 7.90. The van der Waals surface area contributed by atoms with Crippen LogP contribution in [0.5, 0.6) is 0 Å². The number of H-pyrrole nitrogens is 1. The molecule has 0 radical (unpaired) electrons. The number of hydrogen-bond donors (Lipinski definition) is 2. The Balaban J connectivity index is 2.15. The van der Waals surface area contributed by atoms with E-state index in [1.807, 2.05) is 12.1 Å². The van der Waals surface area contributed by atoms with Crippen molar-refractivity contribution in [1.82, 2.24) is 15.2 Å². The van der Waals surface area contributed by atoms with Gasteiger partial charge in [-0.2, -0.15) is 5.10 Å². The van der Waals surface area contributed by atoms with Crippen LogP contribution in [0.2, 0.25) is 0 Å². The molecule has 4 heteroatoms. The van der Waals surface area contributed by atoms with Crippen molar-refractivity contribution in [1.29, 1.82) is 0 Å². The van der Waals surface area contributed by atoms with Crippen molar-refractivity contribution < 1.29 is 0 Å². The summed E-state index contributed by atoms with van der Waals surface area (Å²) in [5.41, 5.74) is 8.43. The van der Waals surface area contributed by atoms with Gasteiger partial charge in [0.2, 0.25) is 0 Å². The van der Waals surface area contributed by atoms with E-state index < -0.39 is 0 Å². The van der Waals surface area contributed by atoms with E-state index in [0.717, 1.165) is 17.8 Å². The zero-order valence-corrected chi connectivity index (χ0v) is 11.1. The molecule has 4 nitrogen and oxygen atoms in total. The summed E-state index contributed by atoms with van der Waals surface area (Å²) < 4.78 is 0. The number of aryl methyl sites for hydroxylation is 1. The Morgan fingerprint density at radius 3 is 2.50 bits per heavy atom. The van der Waals surface area contributed by atoms with Gasteiger partial charge in [-0.1, -0.05) is 43.7 Å². The van der Waals surface area contributed by atoms with E-state index in [0.29, 0.717) is 11.7 Å². The van der Waals surface area contributed by atoms with E-state index in [-0.39, 0.29) is 6.04 Å². The minimum Gasteiger partial charge on any atom is -0.318 e. The van der Waals surface area contributed by atoms with Crippen molar-refractivity contribution in [2.45, 2.75) is 33.2 Å². The Bertz CT molecular complexity index is 499. The fraction of sp³-hybridized carbons (Fsp3) is 0.429. The lowest BCUT2D eigenvalue weighted by molar-refractivity contribution is 0.622. The molecule has 0 saturated heterocycles. The first-order chi connectivity index (χ1) is 8.56. The number of aromatic amines is 1. The molecule has 1 heterocycles. The van der Waals surface area contributed by atoms with Crippen LogP contribution in [-0.4, -0.2) is 15.2 Å². The zero-order valence-electron chi connectivity index (χ0n) is 11.1. The quantitative estimate of drug-likeness (QED) is 0.867. The topological polar surface area (TPSA) is 67.6 Å². The maximum Gasteiger partial charge on any atom is 0.171 e. The first-order valence-corrected chi connectivity index (χ1v) is 6.29. The first kappa shape index (κ1) is 12.8. The highest BCUT2D eigenvalue weighted by atomic mass is 15.2. The van der Waals surface area contributed by atoms with Crippen LogP contribution in [0, 0.1) is 12.8 Å². The van der Waals surface area contributed by atoms with Crippen molar-refractivity contribution >= 4 is 0 Å². The molecular formula is C14H20N4. The van der Waals surface area contributed by atoms with E-state index in [4.69, 9.17) is 5.73 Å². The van der Waals surface area contributed by atoms with E-state index in [1.54, 1.807) is 0 Å². The Morgan fingerprint density at radius 2 is 1.89 bits per heavy atom. The number of hydrogen-bond acceptors (Lipinski definition) is 3. The highest BCUT2D eigenvalue weighted by molar-refractivity contribution is 5.27. The zero-order chi connectivity index (χ0) is 13.1. The van der Waals surface area contributed by atoms with Gasteiger partial charge < -0.3 is 5.73 Å². The van der Waals surface area contributed by atoms with Gasteiger partial charge in [0.25, 0.3) is 0 Å². The molecule has 2 rings (SSSR count). The van der Waals surface area contributed by atoms with Gasteiger partial charge in [0.1, 0.15) is 5.82 Å². The van der Waals surface area contributed by atoms with E-state index in [9.17, 15) is 0 Å². The summed E-state index contributed by atoms with van der Waals surface area (Å²) in [5.74, 6) is 2.12. The third kappa shape index (κ3) is 2.96. The van der Waals surface area contributed by atoms with E-state index >= 15 is 0 Å². The second kappa shape index (κ2) is 5.31. The summed E-state index contributed by atoms with van der Waals surface area (Å²) in [4.78, 5) is 4.46. The Kier molecular flexibility index (Phi) is 3.77. The SMILES string of the molecule is Cc1ccc([C@H](N)c2n[nH]c(CC(C)C)n2)cc1. The van der Waals surface area contributed by atoms with Gasteiger partial charge in [-0.05, 0) is 18.4 Å². The molecule has 1 aromatic carbocycles. The molecule has 0 bridgehead atoms. The second-order valence-electron chi connectivity index (χ2n) is 5.13. The van der Waals surface area contributed by atoms with Crippen LogP contribution >= 0.6 is 0 Å². The smallest absolute Gasteiger partial charge is 0.171 e. The largest absolute Gasteiger partial charge is 0.318 e. The van der Waals surface area contributed by atoms with Crippen molar-refractivity contribution in [2.75, 3.05) is 0 Å². The lowest BCUT2D eigenvalue weighted by Gasteiger charge is -2.07. The predicted octanol–water partition coefficient (Wildman–Crippen LogP) is 2.36. The van der Waals surface area contributed by atoms with Crippen LogP contribution < -0.4 is 5.73 Å². The summed E-state index contributed by atoms with van der Waals surface area (Å²) in [7, 11) is 0. The maximum absolute atomic E-state index is 6.17. The van der Waals surface area contributed by atoms with E-state index in [2.05, 4.69) is 48.1 Å². The van der Waals surface area contributed by atoms with Gasteiger partial charge in [-0.15, -0.1) is 0 Å². The van der Waals surface area contributed by atoms with E-state index in [1.165, 1.54) is 5.56 Å². The molecule has 2 aromatic rings. The molecule has 0 aliphatic rings. The molecule has 96 valence electrons. The van der Waals surface area contributed by atoms with Gasteiger partial charge in [-0.3, -0.25) is 5.10 Å². The van der Waals surface area contributed by atoms with Gasteiger partial charge in [0, 0.05) is 6.42 Å². The summed E-state index contributed by atoms with van der Waals surface area (Å²) in [6.07, 6.45) is 0.896. The minimum atomic E-state index is -0.261. The molecular weight excluding hydrogens is 224 g/mol. The lowest BCUT2D eigenvalue weighted by Crippen LogP contribution is -2.13. The van der Waals surface area contributed by atoms with Crippen LogP contribution in [0.3, 0.4) is 0 Å². The highest BCUT2D eigenvalue weighted by Gasteiger charge is 2.14. The predicted molar refractivity (Wildman–Crippen MR) is 72.1 cm³/mol. The molecule has 0 fully saturated rings. The fourth-order valence-corrected chi connectivity index (χ4v) is 1.85. The minimum absolute atomic E-state index is 0.261. The molecule has 0 amide bonds. The Morgan fingerprint density at radius 1 is 1.22 bits per heavy atom. The summed E-state index contributed by atoms with van der Waals surface area (Å²) >= 11 is 0. The Hall–Kier alpha value is -1.68. The van der Waals surface area contributed by atoms with Crippen LogP contribution in [-0.2, 0) is 6.42 Å². The average Bonchev–Trinajstić information content (AvgIpc) is 2.76. The van der Waals surface area contributed by atoms with Crippen molar-refractivity contribution in [2.24, 2.45) is 11.7 Å². The molecule has 1 atom stereocenters. The molecule has 0 aliphatic heterocycles. The third-order valence-corrected chi connectivity index (χ3v) is 2.87. The summed E-state index contributed by atoms with van der Waals surface area (Å²) in [6.45, 7) is 6.37. The number of rotatable bonds is 4. The number of aromatic nitrogens is 3. The van der Waals surface area contributed by atoms with Gasteiger partial charge in [-0.25, -0.2) is 4.98 Å². The Labute approximate surface area is 108 Å². The maximum atomic E-state index is 6.17. The van der Waals surface area contributed by atoms with Crippen molar-refractivity contribution in [3.8, 4) is 0 Å². The van der Waals surface area contributed by atoms with Crippen LogP contribution in [0.25, 0.3) is 0 Å². The molecule has 0 saturated carbocycles. The van der Waals surface area contributed by atoms with Crippen LogP contribution in [0.4, 0.5) is 0 Å². The molecule has 0 unspecified atom stereocenters. The molecule has 18 heavy (non-hydrogen) atoms. The number of nitrogens with two attached hydrogens (primary N) is 1. The fourth-order valence-electron chi connectivity index (χ4n) is 1.85. The third-order valence-electron chi connectivity index (χ3n) is 2.87. The first-order valence-electron chi connectivity index (χ1n) is 6.29. The molecule has 1 aromatic heterocycles. The molecule has 0 aliphatic carbocycles. The van der Waals surface area contributed by atoms with Crippen LogP contribution in [0.15, 0.2) is 24.3 Å². The highest BCUT2D eigenvalue weighted by Crippen LogP contribution is 2.17. The number of benzene rings is 1. The molecule has 3 N–H and O–H groups in total. The van der Waals surface area contributed by atoms with Gasteiger partial charge in [0.05, 0.1) is 6.04 Å². The standard InChI is InChI=1S/C14H20N4/c1-9(2)8-12-16-14(18-17-12)13(15)11-6-4-10(3)5-7-11/h4-7,9,13H,8,15H2,1-3H3,(H,16,17,18)/t13-/m0/s1. The van der Waals surface area contributed by atoms with Gasteiger partial charge >= 0.3 is 0 Å². The van der Waals surface area contributed by atoms with Gasteiger partial charge in [0.15, 0.2) is 5.82 Å².